The Morgan fingerprint density at radius 3 is 2.44 bits per heavy atom. The highest BCUT2D eigenvalue weighted by atomic mass is 32.2. The molecule has 5 rings (SSSR count). The summed E-state index contributed by atoms with van der Waals surface area (Å²) < 4.78 is 43.9. The first-order chi connectivity index (χ1) is 17.2. The molecular weight excluding hydrogens is 479 g/mol. The summed E-state index contributed by atoms with van der Waals surface area (Å²) in [4.78, 5) is 6.36. The summed E-state index contributed by atoms with van der Waals surface area (Å²) in [6.45, 7) is 5.39. The summed E-state index contributed by atoms with van der Waals surface area (Å²) in [5.74, 6) is -0.195. The molecule has 0 amide bonds. The lowest BCUT2D eigenvalue weighted by Gasteiger charge is -2.57. The fourth-order valence-electron chi connectivity index (χ4n) is 5.83. The van der Waals surface area contributed by atoms with E-state index < -0.39 is 10.0 Å². The molecule has 2 aromatic carbocycles. The van der Waals surface area contributed by atoms with Crippen molar-refractivity contribution in [2.24, 2.45) is 7.05 Å². The van der Waals surface area contributed by atoms with Crippen LogP contribution in [-0.4, -0.2) is 70.6 Å². The normalized spacial score (nSPS) is 23.5. The van der Waals surface area contributed by atoms with Crippen LogP contribution in [0.2, 0.25) is 0 Å². The Morgan fingerprint density at radius 1 is 1.06 bits per heavy atom. The fraction of sp³-hybridized carbons (Fsp3) is 0.444. The van der Waals surface area contributed by atoms with Crippen LogP contribution in [-0.2, 0) is 17.1 Å². The smallest absolute Gasteiger partial charge is 0.277 e. The van der Waals surface area contributed by atoms with Gasteiger partial charge < -0.3 is 9.67 Å². The molecule has 3 heterocycles. The summed E-state index contributed by atoms with van der Waals surface area (Å²) >= 11 is 0. The zero-order valence-corrected chi connectivity index (χ0v) is 21.7. The molecule has 2 aliphatic rings. The molecule has 1 N–H and O–H groups in total. The summed E-state index contributed by atoms with van der Waals surface area (Å²) in [5, 5.41) is 10.3. The largest absolute Gasteiger partial charge is 0.395 e. The number of benzene rings is 2. The molecule has 0 saturated carbocycles. The van der Waals surface area contributed by atoms with Crippen molar-refractivity contribution in [2.45, 2.75) is 49.8 Å². The number of aromatic nitrogens is 2. The quantitative estimate of drug-likeness (QED) is 0.567. The average Bonchev–Trinajstić information content (AvgIpc) is 3.29. The first-order valence-electron chi connectivity index (χ1n) is 12.4. The number of hydrogen-bond donors (Lipinski definition) is 1. The number of halogens is 1. The van der Waals surface area contributed by atoms with Crippen molar-refractivity contribution < 1.29 is 17.9 Å². The molecule has 7 nitrogen and oxygen atoms in total. The summed E-state index contributed by atoms with van der Waals surface area (Å²) in [7, 11) is -2.04. The predicted octanol–water partition coefficient (Wildman–Crippen LogP) is 3.46. The topological polar surface area (TPSA) is 78.7 Å². The van der Waals surface area contributed by atoms with E-state index in [0.717, 1.165) is 41.6 Å². The van der Waals surface area contributed by atoms with Crippen LogP contribution >= 0.6 is 0 Å². The third kappa shape index (κ3) is 4.18. The molecule has 2 fully saturated rings. The third-order valence-electron chi connectivity index (χ3n) is 8.01. The van der Waals surface area contributed by atoms with E-state index >= 15 is 0 Å². The highest BCUT2D eigenvalue weighted by molar-refractivity contribution is 7.89. The monoisotopic (exact) mass is 512 g/mol. The van der Waals surface area contributed by atoms with Gasteiger partial charge in [-0.25, -0.2) is 17.8 Å². The lowest BCUT2D eigenvalue weighted by molar-refractivity contribution is -0.0554. The lowest BCUT2D eigenvalue weighted by atomic mass is 9.74. The predicted molar refractivity (Wildman–Crippen MR) is 137 cm³/mol. The molecule has 9 heteroatoms. The van der Waals surface area contributed by atoms with Crippen molar-refractivity contribution in [1.82, 2.24) is 18.8 Å². The molecule has 0 radical (unpaired) electrons. The van der Waals surface area contributed by atoms with Gasteiger partial charge in [0.05, 0.1) is 6.61 Å². The van der Waals surface area contributed by atoms with Crippen LogP contribution in [0.15, 0.2) is 53.9 Å². The van der Waals surface area contributed by atoms with E-state index in [0.29, 0.717) is 18.7 Å². The Hall–Kier alpha value is -2.59. The number of rotatable bonds is 5. The molecule has 0 aliphatic carbocycles. The van der Waals surface area contributed by atoms with Gasteiger partial charge in [0, 0.05) is 50.5 Å². The Labute approximate surface area is 212 Å². The number of imidazole rings is 1. The Bertz CT molecular complexity index is 1360. The van der Waals surface area contributed by atoms with Gasteiger partial charge in [0.15, 0.2) is 0 Å². The minimum absolute atomic E-state index is 0.0114. The molecule has 36 heavy (non-hydrogen) atoms. The molecule has 0 spiro atoms. The van der Waals surface area contributed by atoms with Crippen LogP contribution in [0.1, 0.15) is 35.4 Å². The van der Waals surface area contributed by atoms with E-state index in [9.17, 15) is 17.9 Å². The van der Waals surface area contributed by atoms with E-state index in [-0.39, 0.29) is 35.6 Å². The molecule has 2 aliphatic heterocycles. The van der Waals surface area contributed by atoms with Crippen molar-refractivity contribution in [3.63, 3.8) is 0 Å². The molecule has 0 bridgehead atoms. The molecule has 3 atom stereocenters. The van der Waals surface area contributed by atoms with Gasteiger partial charge in [-0.3, -0.25) is 4.90 Å². The van der Waals surface area contributed by atoms with Crippen LogP contribution in [0.4, 0.5) is 4.39 Å². The molecule has 192 valence electrons. The van der Waals surface area contributed by atoms with E-state index in [1.807, 2.05) is 25.1 Å². The second-order valence-corrected chi connectivity index (χ2v) is 11.8. The van der Waals surface area contributed by atoms with Crippen molar-refractivity contribution in [2.75, 3.05) is 26.2 Å². The summed E-state index contributed by atoms with van der Waals surface area (Å²) in [6.07, 6.45) is 4.78. The second-order valence-electron chi connectivity index (χ2n) is 9.94. The molecule has 3 aromatic rings. The van der Waals surface area contributed by atoms with Crippen LogP contribution in [0, 0.1) is 19.7 Å². The highest BCUT2D eigenvalue weighted by Crippen LogP contribution is 2.43. The fourth-order valence-corrected chi connectivity index (χ4v) is 7.40. The zero-order chi connectivity index (χ0) is 25.6. The minimum Gasteiger partial charge on any atom is -0.395 e. The van der Waals surface area contributed by atoms with Crippen LogP contribution in [0.25, 0.3) is 11.1 Å². The van der Waals surface area contributed by atoms with Gasteiger partial charge in [0.25, 0.3) is 10.0 Å². The number of aliphatic hydroxyl groups excluding tert-OH is 1. The average molecular weight is 513 g/mol. The van der Waals surface area contributed by atoms with Gasteiger partial charge in [0.2, 0.25) is 5.16 Å². The lowest BCUT2D eigenvalue weighted by Crippen LogP contribution is -2.67. The van der Waals surface area contributed by atoms with Crippen LogP contribution in [0.3, 0.4) is 0 Å². The van der Waals surface area contributed by atoms with Crippen molar-refractivity contribution >= 4 is 10.0 Å². The van der Waals surface area contributed by atoms with Crippen molar-refractivity contribution in [3.05, 3.63) is 71.3 Å². The van der Waals surface area contributed by atoms with Gasteiger partial charge in [-0.05, 0) is 67.1 Å². The maximum absolute atomic E-state index is 13.9. The third-order valence-corrected chi connectivity index (χ3v) is 9.87. The van der Waals surface area contributed by atoms with E-state index in [1.54, 1.807) is 29.0 Å². The molecule has 1 unspecified atom stereocenters. The van der Waals surface area contributed by atoms with Gasteiger partial charge in [-0.2, -0.15) is 4.31 Å². The van der Waals surface area contributed by atoms with Crippen LogP contribution < -0.4 is 0 Å². The first-order valence-corrected chi connectivity index (χ1v) is 13.9. The second kappa shape index (κ2) is 9.70. The Kier molecular flexibility index (Phi) is 6.76. The highest BCUT2D eigenvalue weighted by Gasteiger charge is 2.50. The van der Waals surface area contributed by atoms with E-state index in [4.69, 9.17) is 0 Å². The van der Waals surface area contributed by atoms with E-state index in [1.165, 1.54) is 12.3 Å². The van der Waals surface area contributed by atoms with Gasteiger partial charge in [-0.1, -0.05) is 30.3 Å². The number of aliphatic hydroxyl groups is 1. The maximum atomic E-state index is 13.9. The molecule has 1 aromatic heterocycles. The molecule has 2 saturated heterocycles. The Morgan fingerprint density at radius 2 is 1.78 bits per heavy atom. The Balaban J connectivity index is 1.44. The van der Waals surface area contributed by atoms with Crippen molar-refractivity contribution in [1.29, 1.82) is 0 Å². The standard InChI is InChI=1S/C27H33FN4O3S/c1-18-19(2)23(28)11-10-22(18)20-6-8-21(9-7-20)26-24-16-31(13-4-5-14-32(24)25(26)17-33)36(34,35)27-29-12-15-30(27)3/h6-12,15,24-26,33H,4-5,13-14,16-17H2,1-3H3/t24-,25?,26-/m0/s1. The van der Waals surface area contributed by atoms with Crippen LogP contribution in [0.5, 0.6) is 0 Å². The molecular formula is C27H33FN4O3S. The number of fused-ring (bicyclic) bond motifs is 1. The first kappa shape index (κ1) is 25.1. The van der Waals surface area contributed by atoms with Gasteiger partial charge >= 0.3 is 0 Å². The van der Waals surface area contributed by atoms with Gasteiger partial charge in [-0.15, -0.1) is 0 Å². The SMILES string of the molecule is Cc1c(F)ccc(-c2ccc([C@@H]3C(CO)N4CCCCN(S(=O)(=O)c5nccn5C)C[C@@H]34)cc2)c1C. The van der Waals surface area contributed by atoms with Gasteiger partial charge in [0.1, 0.15) is 5.82 Å². The van der Waals surface area contributed by atoms with E-state index in [2.05, 4.69) is 22.0 Å². The summed E-state index contributed by atoms with van der Waals surface area (Å²) in [6, 6.07) is 11.4. The summed E-state index contributed by atoms with van der Waals surface area (Å²) in [5.41, 5.74) is 4.64. The number of sulfonamides is 1. The zero-order valence-electron chi connectivity index (χ0n) is 20.9. The number of aryl methyl sites for hydroxylation is 1. The number of nitrogens with zero attached hydrogens (tertiary/aromatic N) is 4. The minimum atomic E-state index is -3.73. The van der Waals surface area contributed by atoms with Crippen molar-refractivity contribution in [3.8, 4) is 11.1 Å². The maximum Gasteiger partial charge on any atom is 0.277 e. The number of hydrogen-bond acceptors (Lipinski definition) is 5.